The molecule has 4 rings (SSSR count). The number of aryl methyl sites for hydroxylation is 1. The highest BCUT2D eigenvalue weighted by Crippen LogP contribution is 2.29. The van der Waals surface area contributed by atoms with E-state index in [-0.39, 0.29) is 5.91 Å². The fourth-order valence-corrected chi connectivity index (χ4v) is 4.35. The molecule has 7 heteroatoms. The zero-order valence-corrected chi connectivity index (χ0v) is 15.8. The zero-order chi connectivity index (χ0) is 17.9. The molecule has 3 heterocycles. The van der Waals surface area contributed by atoms with Gasteiger partial charge < -0.3 is 9.80 Å². The Labute approximate surface area is 156 Å². The normalized spacial score (nSPS) is 15.4. The Morgan fingerprint density at radius 3 is 2.96 bits per heavy atom. The second-order valence-corrected chi connectivity index (χ2v) is 7.63. The predicted octanol–water partition coefficient (Wildman–Crippen LogP) is 3.32. The summed E-state index contributed by atoms with van der Waals surface area (Å²) >= 11 is 1.72. The van der Waals surface area contributed by atoms with Crippen molar-refractivity contribution in [2.45, 2.75) is 26.2 Å². The second-order valence-electron chi connectivity index (χ2n) is 6.63. The van der Waals surface area contributed by atoms with Crippen molar-refractivity contribution >= 4 is 32.6 Å². The molecule has 2 aromatic heterocycles. The molecule has 1 fully saturated rings. The van der Waals surface area contributed by atoms with E-state index in [9.17, 15) is 4.79 Å². The minimum absolute atomic E-state index is 0.0229. The van der Waals surface area contributed by atoms with Crippen LogP contribution in [0.1, 0.15) is 35.9 Å². The SMILES string of the molecule is CCCc1cc(C(=O)N2CCCN(c3nc4ccccc4s3)CC2)n[nH]1. The second kappa shape index (κ2) is 7.45. The third-order valence-electron chi connectivity index (χ3n) is 4.71. The van der Waals surface area contributed by atoms with Gasteiger partial charge in [0.05, 0.1) is 10.2 Å². The summed E-state index contributed by atoms with van der Waals surface area (Å²) in [6.07, 6.45) is 2.90. The third kappa shape index (κ3) is 3.44. The van der Waals surface area contributed by atoms with Crippen molar-refractivity contribution in [1.82, 2.24) is 20.1 Å². The smallest absolute Gasteiger partial charge is 0.274 e. The molecule has 6 nitrogen and oxygen atoms in total. The predicted molar refractivity (Wildman–Crippen MR) is 105 cm³/mol. The van der Waals surface area contributed by atoms with Crippen LogP contribution in [0.5, 0.6) is 0 Å². The van der Waals surface area contributed by atoms with Gasteiger partial charge in [-0.3, -0.25) is 9.89 Å². The Morgan fingerprint density at radius 1 is 1.23 bits per heavy atom. The number of hydrogen-bond acceptors (Lipinski definition) is 5. The number of para-hydroxylation sites is 1. The quantitative estimate of drug-likeness (QED) is 0.766. The molecule has 136 valence electrons. The van der Waals surface area contributed by atoms with E-state index >= 15 is 0 Å². The van der Waals surface area contributed by atoms with Crippen molar-refractivity contribution in [3.8, 4) is 0 Å². The van der Waals surface area contributed by atoms with Gasteiger partial charge in [0.25, 0.3) is 5.91 Å². The number of nitrogens with one attached hydrogen (secondary N) is 1. The summed E-state index contributed by atoms with van der Waals surface area (Å²) in [6.45, 7) is 5.30. The van der Waals surface area contributed by atoms with E-state index in [4.69, 9.17) is 4.98 Å². The highest BCUT2D eigenvalue weighted by molar-refractivity contribution is 7.22. The van der Waals surface area contributed by atoms with E-state index in [1.54, 1.807) is 11.3 Å². The summed E-state index contributed by atoms with van der Waals surface area (Å²) in [5.41, 5.74) is 2.60. The molecule has 0 spiro atoms. The Kier molecular flexibility index (Phi) is 4.88. The number of hydrogen-bond donors (Lipinski definition) is 1. The topological polar surface area (TPSA) is 65.1 Å². The molecule has 1 N–H and O–H groups in total. The number of thiazole rings is 1. The number of aromatic amines is 1. The van der Waals surface area contributed by atoms with Gasteiger partial charge in [-0.2, -0.15) is 5.10 Å². The Balaban J connectivity index is 1.44. The van der Waals surface area contributed by atoms with Crippen molar-refractivity contribution in [3.63, 3.8) is 0 Å². The molecule has 0 radical (unpaired) electrons. The van der Waals surface area contributed by atoms with Crippen LogP contribution < -0.4 is 4.90 Å². The van der Waals surface area contributed by atoms with Gasteiger partial charge >= 0.3 is 0 Å². The molecule has 1 aliphatic rings. The van der Waals surface area contributed by atoms with Crippen LogP contribution in [0.4, 0.5) is 5.13 Å². The standard InChI is InChI=1S/C19H23N5OS/c1-2-6-14-13-16(22-21-14)18(25)23-9-5-10-24(12-11-23)19-20-15-7-3-4-8-17(15)26-19/h3-4,7-8,13H,2,5-6,9-12H2,1H3,(H,21,22). The number of benzene rings is 1. The maximum Gasteiger partial charge on any atom is 0.274 e. The van der Waals surface area contributed by atoms with Crippen LogP contribution >= 0.6 is 11.3 Å². The molecule has 1 aliphatic heterocycles. The first-order chi connectivity index (χ1) is 12.7. The molecule has 1 amide bonds. The summed E-state index contributed by atoms with van der Waals surface area (Å²) in [5.74, 6) is 0.0229. The number of carbonyl (C=O) groups is 1. The molecule has 0 bridgehead atoms. The van der Waals surface area contributed by atoms with Crippen molar-refractivity contribution in [1.29, 1.82) is 0 Å². The summed E-state index contributed by atoms with van der Waals surface area (Å²) in [5, 5.41) is 8.23. The molecule has 1 aromatic carbocycles. The molecule has 0 atom stereocenters. The number of anilines is 1. The first-order valence-electron chi connectivity index (χ1n) is 9.18. The van der Waals surface area contributed by atoms with E-state index in [0.29, 0.717) is 12.2 Å². The number of rotatable bonds is 4. The zero-order valence-electron chi connectivity index (χ0n) is 14.9. The van der Waals surface area contributed by atoms with Crippen LogP contribution in [0.2, 0.25) is 0 Å². The maximum atomic E-state index is 12.8. The highest BCUT2D eigenvalue weighted by Gasteiger charge is 2.23. The van der Waals surface area contributed by atoms with Crippen molar-refractivity contribution in [3.05, 3.63) is 41.7 Å². The van der Waals surface area contributed by atoms with Gasteiger partial charge in [-0.25, -0.2) is 4.98 Å². The Morgan fingerprint density at radius 2 is 2.12 bits per heavy atom. The number of nitrogens with zero attached hydrogens (tertiary/aromatic N) is 4. The summed E-state index contributed by atoms with van der Waals surface area (Å²) in [7, 11) is 0. The minimum Gasteiger partial charge on any atom is -0.346 e. The highest BCUT2D eigenvalue weighted by atomic mass is 32.1. The Bertz CT molecular complexity index is 869. The Hall–Kier alpha value is -2.41. The van der Waals surface area contributed by atoms with E-state index in [1.807, 2.05) is 23.1 Å². The molecular weight excluding hydrogens is 346 g/mol. The summed E-state index contributed by atoms with van der Waals surface area (Å²) in [6, 6.07) is 10.1. The van der Waals surface area contributed by atoms with Crippen molar-refractivity contribution in [2.24, 2.45) is 0 Å². The van der Waals surface area contributed by atoms with Crippen LogP contribution in [0.15, 0.2) is 30.3 Å². The minimum atomic E-state index is 0.0229. The molecule has 0 saturated carbocycles. The van der Waals surface area contributed by atoms with Crippen LogP contribution in [0.25, 0.3) is 10.2 Å². The lowest BCUT2D eigenvalue weighted by Crippen LogP contribution is -2.35. The molecule has 0 unspecified atom stereocenters. The molecule has 0 aliphatic carbocycles. The van der Waals surface area contributed by atoms with Crippen LogP contribution in [0, 0.1) is 0 Å². The number of H-pyrrole nitrogens is 1. The van der Waals surface area contributed by atoms with Gasteiger partial charge in [0, 0.05) is 31.9 Å². The van der Waals surface area contributed by atoms with E-state index in [1.165, 1.54) is 4.70 Å². The maximum absolute atomic E-state index is 12.8. The number of carbonyl (C=O) groups excluding carboxylic acids is 1. The van der Waals surface area contributed by atoms with Gasteiger partial charge in [-0.05, 0) is 31.0 Å². The van der Waals surface area contributed by atoms with E-state index in [2.05, 4.69) is 34.2 Å². The van der Waals surface area contributed by atoms with Gasteiger partial charge in [-0.1, -0.05) is 36.8 Å². The number of fused-ring (bicyclic) bond motifs is 1. The third-order valence-corrected chi connectivity index (χ3v) is 5.80. The molecule has 3 aromatic rings. The molecule has 1 saturated heterocycles. The lowest BCUT2D eigenvalue weighted by Gasteiger charge is -2.20. The van der Waals surface area contributed by atoms with Crippen LogP contribution in [-0.4, -0.2) is 52.2 Å². The van der Waals surface area contributed by atoms with Gasteiger partial charge in [0.1, 0.15) is 5.69 Å². The van der Waals surface area contributed by atoms with E-state index in [0.717, 1.165) is 55.2 Å². The lowest BCUT2D eigenvalue weighted by atomic mass is 10.2. The van der Waals surface area contributed by atoms with Crippen molar-refractivity contribution in [2.75, 3.05) is 31.1 Å². The summed E-state index contributed by atoms with van der Waals surface area (Å²) in [4.78, 5) is 21.7. The average Bonchev–Trinajstić information content (AvgIpc) is 3.22. The van der Waals surface area contributed by atoms with Crippen LogP contribution in [-0.2, 0) is 6.42 Å². The van der Waals surface area contributed by atoms with Gasteiger partial charge in [-0.15, -0.1) is 0 Å². The fourth-order valence-electron chi connectivity index (χ4n) is 3.34. The van der Waals surface area contributed by atoms with E-state index < -0.39 is 0 Å². The lowest BCUT2D eigenvalue weighted by molar-refractivity contribution is 0.0761. The first kappa shape index (κ1) is 17.0. The van der Waals surface area contributed by atoms with Crippen LogP contribution in [0.3, 0.4) is 0 Å². The van der Waals surface area contributed by atoms with Gasteiger partial charge in [0.2, 0.25) is 0 Å². The molecular formula is C19H23N5OS. The molecule has 26 heavy (non-hydrogen) atoms. The van der Waals surface area contributed by atoms with Gasteiger partial charge in [0.15, 0.2) is 5.13 Å². The summed E-state index contributed by atoms with van der Waals surface area (Å²) < 4.78 is 1.21. The average molecular weight is 369 g/mol. The fraction of sp³-hybridized carbons (Fsp3) is 0.421. The largest absolute Gasteiger partial charge is 0.346 e. The first-order valence-corrected chi connectivity index (χ1v) is 10.0. The van der Waals surface area contributed by atoms with Crippen molar-refractivity contribution < 1.29 is 4.79 Å². The number of aromatic nitrogens is 3. The number of amides is 1. The monoisotopic (exact) mass is 369 g/mol.